The molecule has 1 aromatic rings. The van der Waals surface area contributed by atoms with Crippen molar-refractivity contribution in [3.8, 4) is 6.07 Å². The van der Waals surface area contributed by atoms with E-state index in [1.807, 2.05) is 6.07 Å². The molecule has 2 aliphatic heterocycles. The molecule has 3 aliphatic rings. The highest BCUT2D eigenvalue weighted by molar-refractivity contribution is 5.90. The molecule has 1 unspecified atom stereocenters. The molecule has 142 valence electrons. The number of piperidine rings is 1. The van der Waals surface area contributed by atoms with Crippen LogP contribution in [0.2, 0.25) is 0 Å². The van der Waals surface area contributed by atoms with Gasteiger partial charge in [-0.05, 0) is 36.0 Å². The van der Waals surface area contributed by atoms with Crippen molar-refractivity contribution in [3.05, 3.63) is 24.0 Å². The number of nitrogens with zero attached hydrogens (tertiary/aromatic N) is 3. The number of anilines is 2. The maximum Gasteiger partial charge on any atom is 0.414 e. The number of fused-ring (bicyclic) bond motifs is 1. The van der Waals surface area contributed by atoms with Gasteiger partial charge in [-0.15, -0.1) is 0 Å². The molecule has 0 aromatic heterocycles. The molecular formula is C19H21FN4O3. The number of rotatable bonds is 5. The molecule has 1 aromatic carbocycles. The summed E-state index contributed by atoms with van der Waals surface area (Å²) in [5.41, 5.74) is 0.974. The maximum atomic E-state index is 14.7. The summed E-state index contributed by atoms with van der Waals surface area (Å²) in [6.45, 7) is 3.48. The Hall–Kier alpha value is -2.82. The highest BCUT2D eigenvalue weighted by Gasteiger charge is 2.55. The number of carbonyl (C=O) groups is 2. The van der Waals surface area contributed by atoms with Crippen molar-refractivity contribution in [3.63, 3.8) is 0 Å². The first-order valence-electron chi connectivity index (χ1n) is 9.12. The fourth-order valence-corrected chi connectivity index (χ4v) is 4.26. The van der Waals surface area contributed by atoms with Gasteiger partial charge in [0, 0.05) is 32.1 Å². The summed E-state index contributed by atoms with van der Waals surface area (Å²) >= 11 is 0. The lowest BCUT2D eigenvalue weighted by Gasteiger charge is -2.23. The van der Waals surface area contributed by atoms with Gasteiger partial charge in [0.2, 0.25) is 5.91 Å². The van der Waals surface area contributed by atoms with Crippen molar-refractivity contribution < 1.29 is 18.7 Å². The Labute approximate surface area is 156 Å². The quantitative estimate of drug-likeness (QED) is 0.853. The number of hydrogen-bond donors (Lipinski definition) is 1. The van der Waals surface area contributed by atoms with Crippen LogP contribution in [0.5, 0.6) is 0 Å². The molecule has 2 saturated heterocycles. The second-order valence-corrected chi connectivity index (χ2v) is 7.45. The smallest absolute Gasteiger partial charge is 0.414 e. The summed E-state index contributed by atoms with van der Waals surface area (Å²) in [4.78, 5) is 26.4. The van der Waals surface area contributed by atoms with E-state index in [0.29, 0.717) is 24.2 Å². The van der Waals surface area contributed by atoms with E-state index < -0.39 is 18.0 Å². The summed E-state index contributed by atoms with van der Waals surface area (Å²) in [6, 6.07) is 7.10. The van der Waals surface area contributed by atoms with E-state index in [1.165, 1.54) is 17.9 Å². The van der Waals surface area contributed by atoms with Gasteiger partial charge in [0.05, 0.1) is 24.8 Å². The Morgan fingerprint density at radius 2 is 2.11 bits per heavy atom. The Bertz CT molecular complexity index is 812. The predicted octanol–water partition coefficient (Wildman–Crippen LogP) is 1.88. The average molecular weight is 372 g/mol. The highest BCUT2D eigenvalue weighted by atomic mass is 19.1. The standard InChI is InChI=1S/C19H21FN4O3/c1-11(25)22-7-13-8-24(19(26)27-13)18-3-2-12(6-17(18)20)23-9-15-14(4-5-21)16(15)10-23/h2-3,6,13-16H,4,7-10H2,1H3,(H,22,25)/t13-,14?,15-,16+/m0/s1. The predicted molar refractivity (Wildman–Crippen MR) is 95.6 cm³/mol. The zero-order chi connectivity index (χ0) is 19.1. The van der Waals surface area contributed by atoms with Gasteiger partial charge >= 0.3 is 6.09 Å². The van der Waals surface area contributed by atoms with Crippen molar-refractivity contribution >= 4 is 23.4 Å². The summed E-state index contributed by atoms with van der Waals surface area (Å²) in [6.07, 6.45) is -0.505. The third-order valence-electron chi connectivity index (χ3n) is 5.74. The Kier molecular flexibility index (Phi) is 4.38. The fourth-order valence-electron chi connectivity index (χ4n) is 4.26. The van der Waals surface area contributed by atoms with Crippen LogP contribution in [0.4, 0.5) is 20.6 Å². The Balaban J connectivity index is 1.40. The van der Waals surface area contributed by atoms with Crippen LogP contribution in [-0.2, 0) is 9.53 Å². The second kappa shape index (κ2) is 6.72. The summed E-state index contributed by atoms with van der Waals surface area (Å²) in [5.74, 6) is 0.890. The number of cyclic esters (lactones) is 1. The third kappa shape index (κ3) is 3.29. The number of nitrogens with one attached hydrogen (secondary N) is 1. The van der Waals surface area contributed by atoms with Crippen LogP contribution in [0.25, 0.3) is 0 Å². The Morgan fingerprint density at radius 3 is 2.74 bits per heavy atom. The summed E-state index contributed by atoms with van der Waals surface area (Å²) < 4.78 is 19.9. The fraction of sp³-hybridized carbons (Fsp3) is 0.526. The van der Waals surface area contributed by atoms with E-state index in [1.54, 1.807) is 6.07 Å². The third-order valence-corrected chi connectivity index (χ3v) is 5.74. The maximum absolute atomic E-state index is 14.7. The van der Waals surface area contributed by atoms with Gasteiger partial charge in [-0.1, -0.05) is 0 Å². The van der Waals surface area contributed by atoms with Crippen LogP contribution in [0.15, 0.2) is 18.2 Å². The lowest BCUT2D eigenvalue weighted by atomic mass is 10.2. The molecule has 2 heterocycles. The van der Waals surface area contributed by atoms with Gasteiger partial charge in [-0.25, -0.2) is 9.18 Å². The zero-order valence-electron chi connectivity index (χ0n) is 15.0. The van der Waals surface area contributed by atoms with Gasteiger partial charge in [-0.2, -0.15) is 5.26 Å². The van der Waals surface area contributed by atoms with Gasteiger partial charge in [0.1, 0.15) is 11.9 Å². The first kappa shape index (κ1) is 17.6. The van der Waals surface area contributed by atoms with E-state index in [2.05, 4.69) is 16.3 Å². The van der Waals surface area contributed by atoms with Crippen molar-refractivity contribution in [2.24, 2.45) is 17.8 Å². The molecule has 1 N–H and O–H groups in total. The highest BCUT2D eigenvalue weighted by Crippen LogP contribution is 2.54. The van der Waals surface area contributed by atoms with E-state index in [0.717, 1.165) is 18.8 Å². The molecule has 2 amide bonds. The van der Waals surface area contributed by atoms with Crippen LogP contribution in [0, 0.1) is 34.9 Å². The molecule has 4 atom stereocenters. The molecule has 0 bridgehead atoms. The van der Waals surface area contributed by atoms with Crippen molar-refractivity contribution in [1.29, 1.82) is 5.26 Å². The summed E-state index contributed by atoms with van der Waals surface area (Å²) in [5, 5.41) is 11.4. The molecule has 7 nitrogen and oxygen atoms in total. The van der Waals surface area contributed by atoms with E-state index in [9.17, 15) is 14.0 Å². The minimum atomic E-state index is -0.612. The molecule has 27 heavy (non-hydrogen) atoms. The lowest BCUT2D eigenvalue weighted by molar-refractivity contribution is -0.119. The number of ether oxygens (including phenoxy) is 1. The summed E-state index contributed by atoms with van der Waals surface area (Å²) in [7, 11) is 0. The number of hydrogen-bond acceptors (Lipinski definition) is 5. The first-order valence-corrected chi connectivity index (χ1v) is 9.12. The van der Waals surface area contributed by atoms with Gasteiger partial charge in [0.25, 0.3) is 0 Å². The van der Waals surface area contributed by atoms with Crippen LogP contribution in [0.3, 0.4) is 0 Å². The SMILES string of the molecule is CC(=O)NC[C@H]1CN(c2ccc(N3C[C@@H]4C(CC#N)[C@@H]4C3)cc2F)C(=O)O1. The second-order valence-electron chi connectivity index (χ2n) is 7.45. The molecule has 3 fully saturated rings. The van der Waals surface area contributed by atoms with Crippen molar-refractivity contribution in [2.75, 3.05) is 36.0 Å². The lowest BCUT2D eigenvalue weighted by Crippen LogP contribution is -2.33. The average Bonchev–Trinajstić information content (AvgIpc) is 2.98. The normalized spacial score (nSPS) is 28.6. The molecule has 4 rings (SSSR count). The van der Waals surface area contributed by atoms with E-state index >= 15 is 0 Å². The van der Waals surface area contributed by atoms with Crippen molar-refractivity contribution in [2.45, 2.75) is 19.4 Å². The van der Waals surface area contributed by atoms with E-state index in [-0.39, 0.29) is 24.7 Å². The van der Waals surface area contributed by atoms with Gasteiger partial charge < -0.3 is 15.0 Å². The van der Waals surface area contributed by atoms with Crippen LogP contribution >= 0.6 is 0 Å². The number of benzene rings is 1. The minimum absolute atomic E-state index is 0.181. The molecule has 1 aliphatic carbocycles. The molecule has 1 saturated carbocycles. The first-order chi connectivity index (χ1) is 13.0. The van der Waals surface area contributed by atoms with Gasteiger partial charge in [0.15, 0.2) is 0 Å². The zero-order valence-corrected chi connectivity index (χ0v) is 15.0. The topological polar surface area (TPSA) is 85.7 Å². The largest absolute Gasteiger partial charge is 0.442 e. The molecule has 0 spiro atoms. The minimum Gasteiger partial charge on any atom is -0.442 e. The monoisotopic (exact) mass is 372 g/mol. The van der Waals surface area contributed by atoms with Gasteiger partial charge in [-0.3, -0.25) is 9.69 Å². The van der Waals surface area contributed by atoms with Crippen LogP contribution in [-0.4, -0.2) is 44.3 Å². The number of nitriles is 1. The number of amides is 2. The van der Waals surface area contributed by atoms with Crippen molar-refractivity contribution in [1.82, 2.24) is 5.32 Å². The number of halogens is 1. The molecule has 8 heteroatoms. The van der Waals surface area contributed by atoms with Crippen LogP contribution in [0.1, 0.15) is 13.3 Å². The molecule has 0 radical (unpaired) electrons. The Morgan fingerprint density at radius 1 is 1.37 bits per heavy atom. The molecular weight excluding hydrogens is 351 g/mol. The number of carbonyl (C=O) groups excluding carboxylic acids is 2. The van der Waals surface area contributed by atoms with Crippen LogP contribution < -0.4 is 15.1 Å². The van der Waals surface area contributed by atoms with E-state index in [4.69, 9.17) is 10.00 Å².